The number of rotatable bonds is 5. The highest BCUT2D eigenvalue weighted by Crippen LogP contribution is 2.21. The molecule has 0 saturated heterocycles. The molecule has 0 heterocycles. The van der Waals surface area contributed by atoms with Gasteiger partial charge in [-0.25, -0.2) is 0 Å². The van der Waals surface area contributed by atoms with E-state index in [2.05, 4.69) is 6.07 Å². The Bertz CT molecular complexity index is 676. The highest BCUT2D eigenvalue weighted by Gasteiger charge is 2.06. The number of hydrogen-bond donors (Lipinski definition) is 0. The van der Waals surface area contributed by atoms with E-state index in [1.165, 1.54) is 11.8 Å². The molecule has 3 nitrogen and oxygen atoms in total. The van der Waals surface area contributed by atoms with Gasteiger partial charge in [0.2, 0.25) is 0 Å². The molecular formula is C17H15NO2S. The fraction of sp³-hybridized carbons (Fsp3) is 0.176. The van der Waals surface area contributed by atoms with Crippen molar-refractivity contribution in [1.29, 1.82) is 5.26 Å². The first kappa shape index (κ1) is 15.1. The fourth-order valence-electron chi connectivity index (χ4n) is 1.79. The van der Waals surface area contributed by atoms with Gasteiger partial charge < -0.3 is 4.74 Å². The van der Waals surface area contributed by atoms with Crippen molar-refractivity contribution in [2.45, 2.75) is 18.4 Å². The van der Waals surface area contributed by atoms with E-state index in [4.69, 9.17) is 10.00 Å². The van der Waals surface area contributed by atoms with Gasteiger partial charge in [0.1, 0.15) is 6.61 Å². The van der Waals surface area contributed by atoms with Gasteiger partial charge in [0.25, 0.3) is 0 Å². The second-order valence-electron chi connectivity index (χ2n) is 4.53. The van der Waals surface area contributed by atoms with Gasteiger partial charge in [0.15, 0.2) is 0 Å². The largest absolute Gasteiger partial charge is 0.460 e. The van der Waals surface area contributed by atoms with E-state index >= 15 is 0 Å². The van der Waals surface area contributed by atoms with E-state index in [0.717, 1.165) is 16.0 Å². The number of ether oxygens (including phenoxy) is 1. The molecule has 2 aromatic rings. The molecule has 0 fully saturated rings. The molecule has 106 valence electrons. The number of benzene rings is 2. The molecule has 0 saturated carbocycles. The van der Waals surface area contributed by atoms with Gasteiger partial charge in [-0.2, -0.15) is 5.26 Å². The Kier molecular flexibility index (Phi) is 5.42. The summed E-state index contributed by atoms with van der Waals surface area (Å²) in [7, 11) is 0. The molecule has 2 rings (SSSR count). The molecule has 0 aromatic heterocycles. The molecule has 0 bridgehead atoms. The third kappa shape index (κ3) is 4.66. The summed E-state index contributed by atoms with van der Waals surface area (Å²) >= 11 is 1.47. The van der Waals surface area contributed by atoms with E-state index in [-0.39, 0.29) is 18.3 Å². The lowest BCUT2D eigenvalue weighted by molar-refractivity contribution is -0.141. The highest BCUT2D eigenvalue weighted by atomic mass is 32.2. The predicted octanol–water partition coefficient (Wildman–Crippen LogP) is 3.70. The monoisotopic (exact) mass is 297 g/mol. The summed E-state index contributed by atoms with van der Waals surface area (Å²) in [6, 6.07) is 17.1. The topological polar surface area (TPSA) is 50.1 Å². The summed E-state index contributed by atoms with van der Waals surface area (Å²) in [6.45, 7) is 2.21. The Hall–Kier alpha value is -2.25. The van der Waals surface area contributed by atoms with Crippen LogP contribution in [0.25, 0.3) is 0 Å². The molecule has 4 heteroatoms. The average Bonchev–Trinajstić information content (AvgIpc) is 2.52. The molecule has 0 atom stereocenters. The Morgan fingerprint density at radius 2 is 2.05 bits per heavy atom. The Balaban J connectivity index is 1.82. The quantitative estimate of drug-likeness (QED) is 0.623. The van der Waals surface area contributed by atoms with Crippen LogP contribution >= 0.6 is 11.8 Å². The zero-order chi connectivity index (χ0) is 15.1. The second-order valence-corrected chi connectivity index (χ2v) is 5.54. The molecule has 0 spiro atoms. The van der Waals surface area contributed by atoms with E-state index in [0.29, 0.717) is 5.56 Å². The summed E-state index contributed by atoms with van der Waals surface area (Å²) in [5, 5.41) is 8.81. The van der Waals surface area contributed by atoms with Crippen LogP contribution in [0.4, 0.5) is 0 Å². The summed E-state index contributed by atoms with van der Waals surface area (Å²) in [5.41, 5.74) is 2.54. The molecule has 2 aromatic carbocycles. The zero-order valence-electron chi connectivity index (χ0n) is 11.7. The van der Waals surface area contributed by atoms with Crippen LogP contribution in [-0.4, -0.2) is 11.7 Å². The second kappa shape index (κ2) is 7.51. The smallest absolute Gasteiger partial charge is 0.316 e. The Morgan fingerprint density at radius 1 is 1.24 bits per heavy atom. The van der Waals surface area contributed by atoms with Crippen LogP contribution in [-0.2, 0) is 16.1 Å². The fourth-order valence-corrected chi connectivity index (χ4v) is 2.62. The van der Waals surface area contributed by atoms with Crippen molar-refractivity contribution in [3.63, 3.8) is 0 Å². The molecule has 0 unspecified atom stereocenters. The average molecular weight is 297 g/mol. The van der Waals surface area contributed by atoms with Gasteiger partial charge in [0, 0.05) is 4.90 Å². The van der Waals surface area contributed by atoms with Gasteiger partial charge in [-0.05, 0) is 36.2 Å². The molecule has 0 aliphatic carbocycles. The third-order valence-corrected chi connectivity index (χ3v) is 4.04. The van der Waals surface area contributed by atoms with Crippen molar-refractivity contribution in [3.8, 4) is 6.07 Å². The maximum absolute atomic E-state index is 11.7. The van der Waals surface area contributed by atoms with Crippen LogP contribution in [0.3, 0.4) is 0 Å². The molecule has 0 radical (unpaired) electrons. The van der Waals surface area contributed by atoms with Gasteiger partial charge in [-0.1, -0.05) is 30.3 Å². The van der Waals surface area contributed by atoms with Crippen LogP contribution in [0.1, 0.15) is 16.7 Å². The number of carbonyl (C=O) groups is 1. The molecule has 0 aliphatic rings. The summed E-state index contributed by atoms with van der Waals surface area (Å²) < 4.78 is 5.22. The van der Waals surface area contributed by atoms with Crippen molar-refractivity contribution in [1.82, 2.24) is 0 Å². The zero-order valence-corrected chi connectivity index (χ0v) is 12.5. The molecular weight excluding hydrogens is 282 g/mol. The lowest BCUT2D eigenvalue weighted by Crippen LogP contribution is -2.07. The minimum atomic E-state index is -0.259. The number of nitriles is 1. The number of thioether (sulfide) groups is 1. The number of carbonyl (C=O) groups excluding carboxylic acids is 1. The summed E-state index contributed by atoms with van der Waals surface area (Å²) in [4.78, 5) is 12.8. The summed E-state index contributed by atoms with van der Waals surface area (Å²) in [6.07, 6.45) is 0. The van der Waals surface area contributed by atoms with Crippen LogP contribution in [0.15, 0.2) is 53.4 Å². The number of hydrogen-bond acceptors (Lipinski definition) is 4. The first-order valence-electron chi connectivity index (χ1n) is 6.52. The van der Waals surface area contributed by atoms with E-state index in [9.17, 15) is 4.79 Å². The molecule has 0 N–H and O–H groups in total. The van der Waals surface area contributed by atoms with Crippen LogP contribution in [0, 0.1) is 18.3 Å². The van der Waals surface area contributed by atoms with Crippen LogP contribution in [0.2, 0.25) is 0 Å². The Labute approximate surface area is 128 Å². The van der Waals surface area contributed by atoms with Gasteiger partial charge in [0.05, 0.1) is 17.4 Å². The lowest BCUT2D eigenvalue weighted by Gasteiger charge is -2.06. The van der Waals surface area contributed by atoms with Crippen molar-refractivity contribution < 1.29 is 9.53 Å². The molecule has 21 heavy (non-hydrogen) atoms. The van der Waals surface area contributed by atoms with Gasteiger partial charge in [-0.15, -0.1) is 11.8 Å². The maximum atomic E-state index is 11.7. The van der Waals surface area contributed by atoms with E-state index in [1.54, 1.807) is 18.2 Å². The van der Waals surface area contributed by atoms with Crippen molar-refractivity contribution >= 4 is 17.7 Å². The normalized spacial score (nSPS) is 9.90. The van der Waals surface area contributed by atoms with Crippen LogP contribution < -0.4 is 0 Å². The molecule has 0 amide bonds. The number of aryl methyl sites for hydroxylation is 1. The minimum absolute atomic E-state index is 0.197. The van der Waals surface area contributed by atoms with Crippen molar-refractivity contribution in [2.24, 2.45) is 0 Å². The highest BCUT2D eigenvalue weighted by molar-refractivity contribution is 8.00. The van der Waals surface area contributed by atoms with E-state index in [1.807, 2.05) is 37.3 Å². The lowest BCUT2D eigenvalue weighted by atomic mass is 10.1. The third-order valence-electron chi connectivity index (χ3n) is 2.90. The SMILES string of the molecule is Cc1ccccc1SCC(=O)OCc1cccc(C#N)c1. The first-order valence-corrected chi connectivity index (χ1v) is 7.50. The van der Waals surface area contributed by atoms with Gasteiger partial charge in [-0.3, -0.25) is 4.79 Å². The van der Waals surface area contributed by atoms with Crippen LogP contribution in [0.5, 0.6) is 0 Å². The maximum Gasteiger partial charge on any atom is 0.316 e. The molecule has 0 aliphatic heterocycles. The minimum Gasteiger partial charge on any atom is -0.460 e. The number of esters is 1. The predicted molar refractivity (Wildman–Crippen MR) is 82.9 cm³/mol. The van der Waals surface area contributed by atoms with Crippen molar-refractivity contribution in [2.75, 3.05) is 5.75 Å². The Morgan fingerprint density at radius 3 is 2.81 bits per heavy atom. The number of nitrogens with zero attached hydrogens (tertiary/aromatic N) is 1. The van der Waals surface area contributed by atoms with Crippen molar-refractivity contribution in [3.05, 3.63) is 65.2 Å². The van der Waals surface area contributed by atoms with Gasteiger partial charge >= 0.3 is 5.97 Å². The van der Waals surface area contributed by atoms with E-state index < -0.39 is 0 Å². The summed E-state index contributed by atoms with van der Waals surface area (Å²) in [5.74, 6) is 0.0219. The standard InChI is InChI=1S/C17H15NO2S/c1-13-5-2-3-8-16(13)21-12-17(19)20-11-15-7-4-6-14(9-15)10-18/h2-9H,11-12H2,1H3. The first-order chi connectivity index (χ1) is 10.2.